The molecule has 1 amide bonds. The SMILES string of the molecule is Cc1nn(C(C)C)c(C)c1NC(=O)C1(c2ccccc2)CCOCC1. The number of aryl methyl sites for hydroxylation is 1. The van der Waals surface area contributed by atoms with Gasteiger partial charge in [0.15, 0.2) is 0 Å². The van der Waals surface area contributed by atoms with Crippen molar-refractivity contribution in [3.63, 3.8) is 0 Å². The molecule has 1 aliphatic heterocycles. The first-order valence-corrected chi connectivity index (χ1v) is 8.96. The van der Waals surface area contributed by atoms with Crippen molar-refractivity contribution in [1.29, 1.82) is 0 Å². The molecule has 5 heteroatoms. The monoisotopic (exact) mass is 341 g/mol. The molecule has 0 atom stereocenters. The van der Waals surface area contributed by atoms with E-state index in [0.29, 0.717) is 26.1 Å². The van der Waals surface area contributed by atoms with E-state index in [4.69, 9.17) is 4.74 Å². The van der Waals surface area contributed by atoms with E-state index in [1.165, 1.54) is 0 Å². The second-order valence-electron chi connectivity index (χ2n) is 7.10. The van der Waals surface area contributed by atoms with Crippen LogP contribution >= 0.6 is 0 Å². The summed E-state index contributed by atoms with van der Waals surface area (Å²) in [6.07, 6.45) is 1.39. The fraction of sp³-hybridized carbons (Fsp3) is 0.500. The van der Waals surface area contributed by atoms with Gasteiger partial charge in [0.05, 0.1) is 22.5 Å². The van der Waals surface area contributed by atoms with E-state index in [2.05, 4.69) is 24.3 Å². The second-order valence-corrected chi connectivity index (χ2v) is 7.10. The fourth-order valence-electron chi connectivity index (χ4n) is 3.70. The standard InChI is InChI=1S/C20H27N3O2/c1-14(2)23-16(4)18(15(3)22-23)21-19(24)20(10-12-25-13-11-20)17-8-6-5-7-9-17/h5-9,14H,10-13H2,1-4H3,(H,21,24). The fourth-order valence-corrected chi connectivity index (χ4v) is 3.70. The Labute approximate surface area is 149 Å². The summed E-state index contributed by atoms with van der Waals surface area (Å²) in [5, 5.41) is 7.77. The molecule has 1 aliphatic rings. The molecule has 0 radical (unpaired) electrons. The topological polar surface area (TPSA) is 56.2 Å². The summed E-state index contributed by atoms with van der Waals surface area (Å²) in [5.74, 6) is 0.0384. The maximum atomic E-state index is 13.4. The molecule has 1 saturated heterocycles. The van der Waals surface area contributed by atoms with Gasteiger partial charge in [0.1, 0.15) is 0 Å². The summed E-state index contributed by atoms with van der Waals surface area (Å²) < 4.78 is 7.50. The molecule has 1 N–H and O–H groups in total. The molecule has 1 aromatic heterocycles. The Morgan fingerprint density at radius 2 is 1.84 bits per heavy atom. The van der Waals surface area contributed by atoms with Crippen molar-refractivity contribution in [2.75, 3.05) is 18.5 Å². The summed E-state index contributed by atoms with van der Waals surface area (Å²) in [6, 6.07) is 10.3. The van der Waals surface area contributed by atoms with Crippen LogP contribution in [0.2, 0.25) is 0 Å². The number of nitrogens with one attached hydrogen (secondary N) is 1. The number of aromatic nitrogens is 2. The number of hydrogen-bond acceptors (Lipinski definition) is 3. The van der Waals surface area contributed by atoms with E-state index in [1.807, 2.05) is 48.9 Å². The van der Waals surface area contributed by atoms with Crippen LogP contribution in [0.4, 0.5) is 5.69 Å². The summed E-state index contributed by atoms with van der Waals surface area (Å²) in [4.78, 5) is 13.4. The van der Waals surface area contributed by atoms with E-state index in [-0.39, 0.29) is 11.9 Å². The van der Waals surface area contributed by atoms with Crippen LogP contribution in [-0.4, -0.2) is 28.9 Å². The Morgan fingerprint density at radius 3 is 2.40 bits per heavy atom. The lowest BCUT2D eigenvalue weighted by molar-refractivity contribution is -0.125. The smallest absolute Gasteiger partial charge is 0.235 e. The van der Waals surface area contributed by atoms with Crippen molar-refractivity contribution in [2.24, 2.45) is 0 Å². The average Bonchev–Trinajstić information content (AvgIpc) is 2.91. The zero-order valence-electron chi connectivity index (χ0n) is 15.5. The van der Waals surface area contributed by atoms with Crippen LogP contribution < -0.4 is 5.32 Å². The van der Waals surface area contributed by atoms with Crippen LogP contribution in [0.25, 0.3) is 0 Å². The van der Waals surface area contributed by atoms with E-state index in [0.717, 1.165) is 22.6 Å². The minimum Gasteiger partial charge on any atom is -0.381 e. The third-order valence-electron chi connectivity index (χ3n) is 5.16. The van der Waals surface area contributed by atoms with Crippen LogP contribution in [-0.2, 0) is 14.9 Å². The van der Waals surface area contributed by atoms with Gasteiger partial charge in [0.2, 0.25) is 5.91 Å². The van der Waals surface area contributed by atoms with Gasteiger partial charge in [-0.2, -0.15) is 5.10 Å². The Hall–Kier alpha value is -2.14. The highest BCUT2D eigenvalue weighted by Gasteiger charge is 2.42. The Kier molecular flexibility index (Phi) is 4.95. The molecule has 2 aromatic rings. The van der Waals surface area contributed by atoms with Crippen molar-refractivity contribution in [3.05, 3.63) is 47.3 Å². The average molecular weight is 341 g/mol. The lowest BCUT2D eigenvalue weighted by Gasteiger charge is -2.36. The van der Waals surface area contributed by atoms with Crippen molar-refractivity contribution in [3.8, 4) is 0 Å². The van der Waals surface area contributed by atoms with Crippen molar-refractivity contribution in [1.82, 2.24) is 9.78 Å². The van der Waals surface area contributed by atoms with Crippen LogP contribution in [0.5, 0.6) is 0 Å². The number of amides is 1. The zero-order valence-corrected chi connectivity index (χ0v) is 15.5. The third kappa shape index (κ3) is 3.21. The predicted octanol–water partition coefficient (Wildman–Crippen LogP) is 3.77. The van der Waals surface area contributed by atoms with Gasteiger partial charge in [-0.05, 0) is 46.1 Å². The molecule has 134 valence electrons. The molecule has 0 saturated carbocycles. The van der Waals surface area contributed by atoms with E-state index in [1.54, 1.807) is 0 Å². The molecule has 1 aromatic carbocycles. The minimum atomic E-state index is -0.543. The van der Waals surface area contributed by atoms with Crippen LogP contribution in [0, 0.1) is 13.8 Å². The molecule has 0 aliphatic carbocycles. The van der Waals surface area contributed by atoms with Crippen molar-refractivity contribution in [2.45, 2.75) is 52.0 Å². The molecular weight excluding hydrogens is 314 g/mol. The number of nitrogens with zero attached hydrogens (tertiary/aromatic N) is 2. The largest absolute Gasteiger partial charge is 0.381 e. The molecule has 25 heavy (non-hydrogen) atoms. The first-order chi connectivity index (χ1) is 12.0. The lowest BCUT2D eigenvalue weighted by atomic mass is 9.73. The van der Waals surface area contributed by atoms with Gasteiger partial charge in [0, 0.05) is 19.3 Å². The molecule has 2 heterocycles. The first kappa shape index (κ1) is 17.7. The van der Waals surface area contributed by atoms with Crippen LogP contribution in [0.1, 0.15) is 49.7 Å². The van der Waals surface area contributed by atoms with Crippen molar-refractivity contribution >= 4 is 11.6 Å². The van der Waals surface area contributed by atoms with Gasteiger partial charge in [-0.25, -0.2) is 0 Å². The number of benzene rings is 1. The Morgan fingerprint density at radius 1 is 1.20 bits per heavy atom. The second kappa shape index (κ2) is 7.00. The number of carbonyl (C=O) groups is 1. The van der Waals surface area contributed by atoms with Gasteiger partial charge in [0.25, 0.3) is 0 Å². The maximum absolute atomic E-state index is 13.4. The van der Waals surface area contributed by atoms with Gasteiger partial charge in [-0.3, -0.25) is 9.48 Å². The molecule has 3 rings (SSSR count). The number of anilines is 1. The Bertz CT molecular complexity index is 744. The van der Waals surface area contributed by atoms with Gasteiger partial charge in [-0.1, -0.05) is 30.3 Å². The van der Waals surface area contributed by atoms with E-state index >= 15 is 0 Å². The van der Waals surface area contributed by atoms with E-state index in [9.17, 15) is 4.79 Å². The molecule has 0 spiro atoms. The highest BCUT2D eigenvalue weighted by atomic mass is 16.5. The normalized spacial score (nSPS) is 16.8. The summed E-state index contributed by atoms with van der Waals surface area (Å²) >= 11 is 0. The quantitative estimate of drug-likeness (QED) is 0.921. The van der Waals surface area contributed by atoms with Crippen LogP contribution in [0.3, 0.4) is 0 Å². The predicted molar refractivity (Wildman–Crippen MR) is 98.9 cm³/mol. The molecule has 1 fully saturated rings. The molecule has 0 bridgehead atoms. The summed E-state index contributed by atoms with van der Waals surface area (Å²) in [6.45, 7) is 9.34. The number of carbonyl (C=O) groups excluding carboxylic acids is 1. The number of ether oxygens (including phenoxy) is 1. The maximum Gasteiger partial charge on any atom is 0.235 e. The van der Waals surface area contributed by atoms with Gasteiger partial charge >= 0.3 is 0 Å². The minimum absolute atomic E-state index is 0.0384. The van der Waals surface area contributed by atoms with E-state index < -0.39 is 5.41 Å². The highest BCUT2D eigenvalue weighted by molar-refractivity contribution is 6.00. The molecule has 0 unspecified atom stereocenters. The highest BCUT2D eigenvalue weighted by Crippen LogP contribution is 2.37. The summed E-state index contributed by atoms with van der Waals surface area (Å²) in [5.41, 5.74) is 3.20. The lowest BCUT2D eigenvalue weighted by Crippen LogP contribution is -2.45. The van der Waals surface area contributed by atoms with Crippen LogP contribution in [0.15, 0.2) is 30.3 Å². The van der Waals surface area contributed by atoms with Gasteiger partial charge < -0.3 is 10.1 Å². The Balaban J connectivity index is 1.95. The first-order valence-electron chi connectivity index (χ1n) is 8.96. The summed E-state index contributed by atoms with van der Waals surface area (Å²) in [7, 11) is 0. The third-order valence-corrected chi connectivity index (χ3v) is 5.16. The van der Waals surface area contributed by atoms with Gasteiger partial charge in [-0.15, -0.1) is 0 Å². The van der Waals surface area contributed by atoms with Crippen molar-refractivity contribution < 1.29 is 9.53 Å². The zero-order chi connectivity index (χ0) is 18.0. The molecular formula is C20H27N3O2. The molecule has 5 nitrogen and oxygen atoms in total. The number of hydrogen-bond donors (Lipinski definition) is 1. The number of rotatable bonds is 4.